The number of likely N-dealkylation sites (N-methyl/N-ethyl adjacent to an activating group) is 2. The molecule has 0 N–H and O–H groups in total. The Hall–Kier alpha value is -2.84. The van der Waals surface area contributed by atoms with Gasteiger partial charge in [0, 0.05) is 26.2 Å². The van der Waals surface area contributed by atoms with Gasteiger partial charge in [-0.05, 0) is 49.4 Å². The normalized spacial score (nSPS) is 21.3. The maximum atomic E-state index is 13.1. The van der Waals surface area contributed by atoms with Crippen LogP contribution in [0.5, 0.6) is 0 Å². The second-order valence-electron chi connectivity index (χ2n) is 7.74. The smallest absolute Gasteiger partial charge is 0.256 e. The van der Waals surface area contributed by atoms with Gasteiger partial charge in [-0.15, -0.1) is 0 Å². The van der Waals surface area contributed by atoms with Gasteiger partial charge in [0.05, 0.1) is 0 Å². The number of rotatable bonds is 7. The second-order valence-corrected chi connectivity index (χ2v) is 8.47. The first-order valence-corrected chi connectivity index (χ1v) is 11.6. The van der Waals surface area contributed by atoms with Crippen LogP contribution in [0.1, 0.15) is 37.1 Å². The molecule has 2 aromatic rings. The fraction of sp³-hybridized carbons (Fsp3) is 0.333. The molecule has 2 saturated heterocycles. The van der Waals surface area contributed by atoms with E-state index in [1.807, 2.05) is 84.3 Å². The lowest BCUT2D eigenvalue weighted by molar-refractivity contribution is -0.129. The highest BCUT2D eigenvalue weighted by Crippen LogP contribution is 2.34. The van der Waals surface area contributed by atoms with Crippen molar-refractivity contribution in [3.63, 3.8) is 0 Å². The monoisotopic (exact) mass is 466 g/mol. The lowest BCUT2D eigenvalue weighted by Gasteiger charge is -2.29. The van der Waals surface area contributed by atoms with Gasteiger partial charge >= 0.3 is 0 Å². The van der Waals surface area contributed by atoms with Crippen molar-refractivity contribution in [2.24, 2.45) is 0 Å². The van der Waals surface area contributed by atoms with E-state index >= 15 is 0 Å². The molecule has 4 rings (SSSR count). The van der Waals surface area contributed by atoms with Gasteiger partial charge in [0.25, 0.3) is 11.8 Å². The van der Waals surface area contributed by atoms with Crippen LogP contribution in [0.2, 0.25) is 0 Å². The number of carbonyl (C=O) groups is 2. The van der Waals surface area contributed by atoms with E-state index in [2.05, 4.69) is 0 Å². The van der Waals surface area contributed by atoms with Crippen LogP contribution in [-0.4, -0.2) is 67.8 Å². The topological polar surface area (TPSA) is 47.1 Å². The van der Waals surface area contributed by atoms with E-state index in [1.54, 1.807) is 9.80 Å². The largest absolute Gasteiger partial charge is 0.331 e. The molecule has 0 saturated carbocycles. The Labute approximate surface area is 199 Å². The van der Waals surface area contributed by atoms with E-state index in [1.165, 1.54) is 0 Å². The van der Waals surface area contributed by atoms with Crippen molar-refractivity contribution in [3.8, 4) is 0 Å². The summed E-state index contributed by atoms with van der Waals surface area (Å²) in [4.78, 5) is 33.5. The van der Waals surface area contributed by atoms with Crippen molar-refractivity contribution < 1.29 is 9.59 Å². The zero-order valence-corrected chi connectivity index (χ0v) is 19.8. The Balaban J connectivity index is 1.62. The molecule has 32 heavy (non-hydrogen) atoms. The predicted octanol–water partition coefficient (Wildman–Crippen LogP) is 3.37. The number of hydrogen-bond donors (Lipinski definition) is 0. The fourth-order valence-corrected chi connectivity index (χ4v) is 5.28. The summed E-state index contributed by atoms with van der Waals surface area (Å²) < 4.78 is 0. The molecule has 2 aliphatic heterocycles. The molecule has 0 aromatic heterocycles. The predicted molar refractivity (Wildman–Crippen MR) is 132 cm³/mol. The summed E-state index contributed by atoms with van der Waals surface area (Å²) in [5, 5.41) is 1.04. The first-order chi connectivity index (χ1) is 15.5. The number of nitrogens with zero attached hydrogens (tertiary/aromatic N) is 4. The van der Waals surface area contributed by atoms with Crippen LogP contribution in [0, 0.1) is 0 Å². The number of carbonyl (C=O) groups excluding carboxylic acids is 2. The van der Waals surface area contributed by atoms with Crippen molar-refractivity contribution >= 4 is 46.5 Å². The van der Waals surface area contributed by atoms with Crippen LogP contribution in [0.15, 0.2) is 60.7 Å². The third kappa shape index (κ3) is 3.78. The zero-order chi connectivity index (χ0) is 22.8. The molecule has 2 unspecified atom stereocenters. The quantitative estimate of drug-likeness (QED) is 0.583. The van der Waals surface area contributed by atoms with Crippen molar-refractivity contribution in [1.29, 1.82) is 0 Å². The van der Waals surface area contributed by atoms with E-state index in [0.29, 0.717) is 36.4 Å². The fourth-order valence-electron chi connectivity index (χ4n) is 4.44. The average Bonchev–Trinajstić information content (AvgIpc) is 3.20. The van der Waals surface area contributed by atoms with Gasteiger partial charge in [-0.25, -0.2) is 0 Å². The van der Waals surface area contributed by atoms with E-state index in [4.69, 9.17) is 24.4 Å². The molecule has 2 aliphatic rings. The van der Waals surface area contributed by atoms with Crippen LogP contribution in [0.25, 0.3) is 0 Å². The van der Waals surface area contributed by atoms with Crippen molar-refractivity contribution in [1.82, 2.24) is 19.6 Å². The molecule has 0 spiro atoms. The van der Waals surface area contributed by atoms with Gasteiger partial charge in [0.2, 0.25) is 0 Å². The molecule has 6 nitrogen and oxygen atoms in total. The molecule has 0 bridgehead atoms. The lowest BCUT2D eigenvalue weighted by atomic mass is 10.1. The summed E-state index contributed by atoms with van der Waals surface area (Å²) in [7, 11) is 0. The highest BCUT2D eigenvalue weighted by molar-refractivity contribution is 7.80. The summed E-state index contributed by atoms with van der Waals surface area (Å²) in [6.07, 6.45) is 0. The number of hydrogen-bond acceptors (Lipinski definition) is 4. The van der Waals surface area contributed by atoms with Gasteiger partial charge in [-0.3, -0.25) is 19.4 Å². The van der Waals surface area contributed by atoms with Gasteiger partial charge in [-0.1, -0.05) is 60.7 Å². The first kappa shape index (κ1) is 22.4. The summed E-state index contributed by atoms with van der Waals surface area (Å²) in [6, 6.07) is 18.5. The second kappa shape index (κ2) is 9.34. The van der Waals surface area contributed by atoms with Crippen LogP contribution in [-0.2, 0) is 9.59 Å². The Morgan fingerprint density at radius 1 is 0.656 bits per heavy atom. The number of benzene rings is 2. The SMILES string of the molecule is CCN1C(=O)C(c2ccccc2)N(CCN2C(=S)N(CC)C(=O)C2c2ccccc2)C1=S. The summed E-state index contributed by atoms with van der Waals surface area (Å²) in [5.74, 6) is -0.0304. The average molecular weight is 467 g/mol. The maximum absolute atomic E-state index is 13.1. The van der Waals surface area contributed by atoms with Gasteiger partial charge in [-0.2, -0.15) is 0 Å². The maximum Gasteiger partial charge on any atom is 0.256 e. The van der Waals surface area contributed by atoms with Gasteiger partial charge in [0.1, 0.15) is 12.1 Å². The lowest BCUT2D eigenvalue weighted by Crippen LogP contribution is -2.41. The molecule has 166 valence electrons. The minimum absolute atomic E-state index is 0.0152. The molecule has 2 aromatic carbocycles. The van der Waals surface area contributed by atoms with Crippen LogP contribution in [0.4, 0.5) is 0 Å². The van der Waals surface area contributed by atoms with Crippen molar-refractivity contribution in [2.75, 3.05) is 26.2 Å². The molecule has 2 fully saturated rings. The molecule has 2 atom stereocenters. The molecule has 0 radical (unpaired) electrons. The minimum Gasteiger partial charge on any atom is -0.331 e. The molecule has 0 aliphatic carbocycles. The molecule has 8 heteroatoms. The van der Waals surface area contributed by atoms with E-state index < -0.39 is 12.1 Å². The Bertz CT molecular complexity index is 947. The summed E-state index contributed by atoms with van der Waals surface area (Å²) >= 11 is 11.4. The van der Waals surface area contributed by atoms with Crippen molar-refractivity contribution in [3.05, 3.63) is 71.8 Å². The van der Waals surface area contributed by atoms with Crippen LogP contribution in [0.3, 0.4) is 0 Å². The third-order valence-corrected chi connectivity index (χ3v) is 6.93. The highest BCUT2D eigenvalue weighted by Gasteiger charge is 2.45. The summed E-state index contributed by atoms with van der Waals surface area (Å²) in [5.41, 5.74) is 1.82. The zero-order valence-electron chi connectivity index (χ0n) is 18.2. The van der Waals surface area contributed by atoms with Gasteiger partial charge in [0.15, 0.2) is 10.2 Å². The standard InChI is InChI=1S/C24H26N4O2S2/c1-3-25-21(29)19(17-11-7-5-8-12-17)27(23(25)31)15-16-28-20(18-13-9-6-10-14-18)22(30)26(4-2)24(28)32/h5-14,19-20H,3-4,15-16H2,1-2H3. The molecular formula is C24H26N4O2S2. The van der Waals surface area contributed by atoms with Crippen LogP contribution < -0.4 is 0 Å². The number of thiocarbonyl (C=S) groups is 2. The van der Waals surface area contributed by atoms with E-state index in [9.17, 15) is 9.59 Å². The Morgan fingerprint density at radius 3 is 1.31 bits per heavy atom. The van der Waals surface area contributed by atoms with E-state index in [0.717, 1.165) is 11.1 Å². The highest BCUT2D eigenvalue weighted by atomic mass is 32.1. The molecule has 2 amide bonds. The van der Waals surface area contributed by atoms with E-state index in [-0.39, 0.29) is 11.8 Å². The van der Waals surface area contributed by atoms with Crippen molar-refractivity contribution in [2.45, 2.75) is 25.9 Å². The Kier molecular flexibility index (Phi) is 6.53. The number of amides is 2. The first-order valence-electron chi connectivity index (χ1n) is 10.8. The minimum atomic E-state index is -0.465. The third-order valence-electron chi connectivity index (χ3n) is 6.02. The van der Waals surface area contributed by atoms with Crippen LogP contribution >= 0.6 is 24.4 Å². The summed E-state index contributed by atoms with van der Waals surface area (Å²) in [6.45, 7) is 5.86. The van der Waals surface area contributed by atoms with Gasteiger partial charge < -0.3 is 9.80 Å². The molecular weight excluding hydrogens is 440 g/mol. The molecule has 2 heterocycles. The Morgan fingerprint density at radius 2 is 1.00 bits per heavy atom.